The van der Waals surface area contributed by atoms with Crippen molar-refractivity contribution in [2.24, 2.45) is 0 Å². The topological polar surface area (TPSA) is 121 Å². The molecule has 1 aliphatic rings. The van der Waals surface area contributed by atoms with Crippen LogP contribution in [0.5, 0.6) is 0 Å². The number of aromatic nitrogens is 1. The molecule has 2 aromatic carbocycles. The van der Waals surface area contributed by atoms with Crippen molar-refractivity contribution < 1.29 is 28.7 Å². The highest BCUT2D eigenvalue weighted by molar-refractivity contribution is 5.99. The van der Waals surface area contributed by atoms with Gasteiger partial charge in [-0.1, -0.05) is 18.2 Å². The molecule has 0 bridgehead atoms. The smallest absolute Gasteiger partial charge is 0.340 e. The molecule has 0 spiro atoms. The van der Waals surface area contributed by atoms with Gasteiger partial charge in [-0.2, -0.15) is 0 Å². The number of benzene rings is 2. The van der Waals surface area contributed by atoms with Gasteiger partial charge >= 0.3 is 11.9 Å². The van der Waals surface area contributed by atoms with Crippen molar-refractivity contribution in [3.8, 4) is 0 Å². The predicted molar refractivity (Wildman–Crippen MR) is 123 cm³/mol. The molecule has 10 heteroatoms. The van der Waals surface area contributed by atoms with E-state index in [1.54, 1.807) is 19.1 Å². The number of ether oxygens (including phenoxy) is 3. The highest BCUT2D eigenvalue weighted by Crippen LogP contribution is 2.28. The number of hydrogen-bond donors (Lipinski definition) is 0. The Hall–Kier alpha value is -4.05. The minimum absolute atomic E-state index is 0.0632. The van der Waals surface area contributed by atoms with Gasteiger partial charge in [0.2, 0.25) is 0 Å². The van der Waals surface area contributed by atoms with E-state index in [4.69, 9.17) is 14.2 Å². The van der Waals surface area contributed by atoms with Crippen LogP contribution in [-0.4, -0.2) is 55.3 Å². The van der Waals surface area contributed by atoms with E-state index in [1.807, 2.05) is 23.1 Å². The average molecular weight is 465 g/mol. The average Bonchev–Trinajstić information content (AvgIpc) is 2.87. The molecule has 10 nitrogen and oxygen atoms in total. The zero-order valence-electron chi connectivity index (χ0n) is 18.8. The summed E-state index contributed by atoms with van der Waals surface area (Å²) in [5.74, 6) is -1.35. The number of carbonyl (C=O) groups excluding carboxylic acids is 2. The zero-order valence-corrected chi connectivity index (χ0v) is 18.8. The number of nitro groups is 1. The van der Waals surface area contributed by atoms with Gasteiger partial charge in [0.1, 0.15) is 6.61 Å². The molecule has 0 unspecified atom stereocenters. The molecular weight excluding hydrogens is 442 g/mol. The number of para-hydroxylation sites is 1. The second kappa shape index (κ2) is 9.84. The minimum Gasteiger partial charge on any atom is -0.465 e. The van der Waals surface area contributed by atoms with Gasteiger partial charge in [-0.25, -0.2) is 14.6 Å². The van der Waals surface area contributed by atoms with Gasteiger partial charge in [0.05, 0.1) is 53.3 Å². The van der Waals surface area contributed by atoms with Crippen LogP contribution in [0.3, 0.4) is 0 Å². The van der Waals surface area contributed by atoms with Gasteiger partial charge in [-0.05, 0) is 24.6 Å². The minimum atomic E-state index is -0.756. The summed E-state index contributed by atoms with van der Waals surface area (Å²) in [4.78, 5) is 42.8. The summed E-state index contributed by atoms with van der Waals surface area (Å²) in [7, 11) is 1.27. The third kappa shape index (κ3) is 4.53. The Morgan fingerprint density at radius 1 is 1.15 bits per heavy atom. The molecule has 1 aromatic heterocycles. The third-order valence-electron chi connectivity index (χ3n) is 5.72. The summed E-state index contributed by atoms with van der Waals surface area (Å²) < 4.78 is 15.8. The molecule has 1 aliphatic heterocycles. The highest BCUT2D eigenvalue weighted by atomic mass is 16.6. The lowest BCUT2D eigenvalue weighted by molar-refractivity contribution is -0.384. The Morgan fingerprint density at radius 3 is 2.59 bits per heavy atom. The molecule has 34 heavy (non-hydrogen) atoms. The van der Waals surface area contributed by atoms with Crippen molar-refractivity contribution in [2.75, 3.05) is 38.3 Å². The number of nitro benzene ring substituents is 1. The molecule has 0 N–H and O–H groups in total. The maximum Gasteiger partial charge on any atom is 0.340 e. The number of hydrogen-bond acceptors (Lipinski definition) is 9. The van der Waals surface area contributed by atoms with E-state index in [2.05, 4.69) is 4.98 Å². The first-order valence-corrected chi connectivity index (χ1v) is 10.7. The first kappa shape index (κ1) is 23.1. The summed E-state index contributed by atoms with van der Waals surface area (Å²) in [5, 5.41) is 12.1. The molecule has 0 aliphatic carbocycles. The lowest BCUT2D eigenvalue weighted by Gasteiger charge is -2.30. The van der Waals surface area contributed by atoms with Crippen molar-refractivity contribution in [1.82, 2.24) is 4.98 Å². The van der Waals surface area contributed by atoms with E-state index >= 15 is 0 Å². The second-order valence-corrected chi connectivity index (χ2v) is 7.70. The van der Waals surface area contributed by atoms with Crippen LogP contribution in [0.1, 0.15) is 32.0 Å². The van der Waals surface area contributed by atoms with Gasteiger partial charge < -0.3 is 19.1 Å². The Balaban J connectivity index is 1.68. The summed E-state index contributed by atoms with van der Waals surface area (Å²) >= 11 is 0. The quantitative estimate of drug-likeness (QED) is 0.306. The fourth-order valence-corrected chi connectivity index (χ4v) is 4.01. The maximum atomic E-state index is 13.1. The monoisotopic (exact) mass is 465 g/mol. The van der Waals surface area contributed by atoms with E-state index in [0.717, 1.165) is 5.39 Å². The SMILES string of the molecule is COC(=O)c1c(COC(=O)c2cc([N+](=O)[O-])ccc2N2CCOCC2)nc2ccccc2c1C. The molecule has 3 aromatic rings. The van der Waals surface area contributed by atoms with Crippen LogP contribution in [-0.2, 0) is 20.8 Å². The molecule has 0 atom stereocenters. The number of carbonyl (C=O) groups is 2. The molecule has 1 fully saturated rings. The number of aryl methyl sites for hydroxylation is 1. The number of pyridine rings is 1. The van der Waals surface area contributed by atoms with Crippen LogP contribution in [0, 0.1) is 17.0 Å². The molecule has 4 rings (SSSR count). The summed E-state index contributed by atoms with van der Waals surface area (Å²) in [6, 6.07) is 11.4. The molecular formula is C24H23N3O7. The van der Waals surface area contributed by atoms with Gasteiger partial charge in [0.15, 0.2) is 0 Å². The van der Waals surface area contributed by atoms with Gasteiger partial charge in [0.25, 0.3) is 5.69 Å². The molecule has 176 valence electrons. The number of morpholine rings is 1. The number of rotatable bonds is 6. The standard InChI is InChI=1S/C24H23N3O7/c1-15-17-5-3-4-6-19(17)25-20(22(15)24(29)32-2)14-34-23(28)18-13-16(27(30)31)7-8-21(18)26-9-11-33-12-10-26/h3-8,13H,9-12,14H2,1-2H3. The van der Waals surface area contributed by atoms with Crippen LogP contribution in [0.25, 0.3) is 10.9 Å². The number of nitrogens with zero attached hydrogens (tertiary/aromatic N) is 3. The van der Waals surface area contributed by atoms with E-state index < -0.39 is 16.9 Å². The number of fused-ring (bicyclic) bond motifs is 1. The van der Waals surface area contributed by atoms with Crippen LogP contribution in [0.4, 0.5) is 11.4 Å². The number of methoxy groups -OCH3 is 1. The predicted octanol–water partition coefficient (Wildman–Crippen LogP) is 3.43. The number of anilines is 1. The summed E-state index contributed by atoms with van der Waals surface area (Å²) in [5.41, 5.74) is 2.13. The number of non-ortho nitro benzene ring substituents is 1. The fraction of sp³-hybridized carbons (Fsp3) is 0.292. The number of esters is 2. The van der Waals surface area contributed by atoms with E-state index in [1.165, 1.54) is 19.2 Å². The largest absolute Gasteiger partial charge is 0.465 e. The first-order valence-electron chi connectivity index (χ1n) is 10.7. The summed E-state index contributed by atoms with van der Waals surface area (Å²) in [6.07, 6.45) is 0. The fourth-order valence-electron chi connectivity index (χ4n) is 4.01. The van der Waals surface area contributed by atoms with Crippen LogP contribution >= 0.6 is 0 Å². The first-order chi connectivity index (χ1) is 16.4. The van der Waals surface area contributed by atoms with Gasteiger partial charge in [-0.15, -0.1) is 0 Å². The lowest BCUT2D eigenvalue weighted by Crippen LogP contribution is -2.37. The lowest BCUT2D eigenvalue weighted by atomic mass is 10.0. The summed E-state index contributed by atoms with van der Waals surface area (Å²) in [6.45, 7) is 3.51. The van der Waals surface area contributed by atoms with E-state index in [9.17, 15) is 19.7 Å². The van der Waals surface area contributed by atoms with Crippen molar-refractivity contribution in [3.05, 3.63) is 75.0 Å². The van der Waals surface area contributed by atoms with Crippen LogP contribution in [0.2, 0.25) is 0 Å². The van der Waals surface area contributed by atoms with E-state index in [-0.39, 0.29) is 29.1 Å². The third-order valence-corrected chi connectivity index (χ3v) is 5.72. The molecule has 1 saturated heterocycles. The van der Waals surface area contributed by atoms with Crippen LogP contribution < -0.4 is 4.90 Å². The second-order valence-electron chi connectivity index (χ2n) is 7.70. The highest BCUT2D eigenvalue weighted by Gasteiger charge is 2.25. The Bertz CT molecular complexity index is 1270. The Labute approximate surface area is 195 Å². The molecule has 2 heterocycles. The zero-order chi connectivity index (χ0) is 24.2. The van der Waals surface area contributed by atoms with Crippen molar-refractivity contribution in [1.29, 1.82) is 0 Å². The van der Waals surface area contributed by atoms with E-state index in [0.29, 0.717) is 43.1 Å². The normalized spacial score (nSPS) is 13.5. The maximum absolute atomic E-state index is 13.1. The van der Waals surface area contributed by atoms with Crippen molar-refractivity contribution in [3.63, 3.8) is 0 Å². The Kier molecular flexibility index (Phi) is 6.69. The molecule has 0 radical (unpaired) electrons. The Morgan fingerprint density at radius 2 is 1.88 bits per heavy atom. The molecule has 0 amide bonds. The van der Waals surface area contributed by atoms with Crippen LogP contribution in [0.15, 0.2) is 42.5 Å². The molecule has 0 saturated carbocycles. The van der Waals surface area contributed by atoms with Crippen molar-refractivity contribution in [2.45, 2.75) is 13.5 Å². The van der Waals surface area contributed by atoms with Gasteiger partial charge in [0, 0.05) is 30.6 Å². The van der Waals surface area contributed by atoms with Crippen molar-refractivity contribution >= 4 is 34.2 Å². The van der Waals surface area contributed by atoms with Gasteiger partial charge in [-0.3, -0.25) is 10.1 Å².